The van der Waals surface area contributed by atoms with Gasteiger partial charge in [-0.2, -0.15) is 0 Å². The number of carbonyl (C=O) groups is 2. The van der Waals surface area contributed by atoms with Crippen LogP contribution < -0.4 is 0 Å². The van der Waals surface area contributed by atoms with Gasteiger partial charge in [-0.15, -0.1) is 5.10 Å². The summed E-state index contributed by atoms with van der Waals surface area (Å²) in [5, 5.41) is 13.6. The van der Waals surface area contributed by atoms with Crippen LogP contribution in [-0.4, -0.2) is 49.7 Å². The highest BCUT2D eigenvalue weighted by Gasteiger charge is 2.54. The number of hydrogen-bond acceptors (Lipinski definition) is 4. The van der Waals surface area contributed by atoms with Crippen LogP contribution in [0.25, 0.3) is 0 Å². The van der Waals surface area contributed by atoms with Gasteiger partial charge in [-0.05, 0) is 18.8 Å². The van der Waals surface area contributed by atoms with Gasteiger partial charge in [0.05, 0.1) is 5.41 Å². The lowest BCUT2D eigenvalue weighted by atomic mass is 9.68. The van der Waals surface area contributed by atoms with Crippen molar-refractivity contribution in [3.8, 4) is 0 Å². The van der Waals surface area contributed by atoms with Crippen molar-refractivity contribution in [2.75, 3.05) is 13.1 Å². The quantitative estimate of drug-likeness (QED) is 0.852. The molecule has 1 aromatic heterocycles. The predicted octanol–water partition coefficient (Wildman–Crippen LogP) is 0.532. The molecule has 1 aromatic rings. The van der Waals surface area contributed by atoms with Crippen molar-refractivity contribution in [3.05, 3.63) is 12.2 Å². The molecule has 7 nitrogen and oxygen atoms in total. The van der Waals surface area contributed by atoms with E-state index >= 15 is 0 Å². The molecule has 1 aliphatic heterocycles. The molecule has 0 radical (unpaired) electrons. The van der Waals surface area contributed by atoms with Crippen LogP contribution in [-0.2, 0) is 11.8 Å². The van der Waals surface area contributed by atoms with Gasteiger partial charge in [-0.3, -0.25) is 14.3 Å². The minimum absolute atomic E-state index is 0.0569. The average Bonchev–Trinajstić information content (AvgIpc) is 3.02. The van der Waals surface area contributed by atoms with Crippen molar-refractivity contribution in [3.63, 3.8) is 0 Å². The molecular weight excluding hydrogens is 260 g/mol. The third-order valence-electron chi connectivity index (χ3n) is 4.62. The van der Waals surface area contributed by atoms with E-state index in [1.165, 1.54) is 11.0 Å². The van der Waals surface area contributed by atoms with Crippen molar-refractivity contribution in [1.29, 1.82) is 0 Å². The summed E-state index contributed by atoms with van der Waals surface area (Å²) in [6, 6.07) is 0. The van der Waals surface area contributed by atoms with Gasteiger partial charge in [0.2, 0.25) is 5.82 Å². The number of carboxylic acids is 1. The van der Waals surface area contributed by atoms with Crippen LogP contribution >= 0.6 is 0 Å². The maximum absolute atomic E-state index is 12.4. The number of likely N-dealkylation sites (tertiary alicyclic amines) is 1. The van der Waals surface area contributed by atoms with E-state index in [9.17, 15) is 14.7 Å². The zero-order chi connectivity index (χ0) is 14.3. The number of carbonyl (C=O) groups excluding carboxylic acids is 1. The summed E-state index contributed by atoms with van der Waals surface area (Å²) in [6.07, 6.45) is 4.98. The van der Waals surface area contributed by atoms with Gasteiger partial charge in [0, 0.05) is 20.1 Å². The first-order valence-corrected chi connectivity index (χ1v) is 6.91. The van der Waals surface area contributed by atoms with Crippen molar-refractivity contribution in [1.82, 2.24) is 19.7 Å². The molecule has 2 aliphatic rings. The normalized spacial score (nSPS) is 29.2. The van der Waals surface area contributed by atoms with Gasteiger partial charge in [-0.1, -0.05) is 12.8 Å². The summed E-state index contributed by atoms with van der Waals surface area (Å²) in [5.74, 6) is -0.833. The molecule has 108 valence electrons. The lowest BCUT2D eigenvalue weighted by Gasteiger charge is -2.33. The van der Waals surface area contributed by atoms with Crippen molar-refractivity contribution in [2.24, 2.45) is 18.4 Å². The fourth-order valence-corrected chi connectivity index (χ4v) is 3.54. The highest BCUT2D eigenvalue weighted by molar-refractivity contribution is 5.91. The summed E-state index contributed by atoms with van der Waals surface area (Å²) in [4.78, 5) is 29.6. The van der Waals surface area contributed by atoms with Gasteiger partial charge in [0.15, 0.2) is 0 Å². The Bertz CT molecular complexity index is 556. The van der Waals surface area contributed by atoms with Crippen LogP contribution in [0.4, 0.5) is 0 Å². The Morgan fingerprint density at radius 1 is 1.45 bits per heavy atom. The number of carboxylic acid groups (broad SMARTS) is 1. The first kappa shape index (κ1) is 13.1. The number of nitrogens with zero attached hydrogens (tertiary/aromatic N) is 4. The van der Waals surface area contributed by atoms with E-state index in [-0.39, 0.29) is 24.2 Å². The molecule has 20 heavy (non-hydrogen) atoms. The zero-order valence-electron chi connectivity index (χ0n) is 11.4. The summed E-state index contributed by atoms with van der Waals surface area (Å²) < 4.78 is 1.48. The Kier molecular flexibility index (Phi) is 2.99. The monoisotopic (exact) mass is 278 g/mol. The molecular formula is C13H18N4O3. The maximum atomic E-state index is 12.4. The standard InChI is InChI=1S/C13H18N4O3/c1-16-8-14-10(15-16)11(18)17-6-9-4-2-3-5-13(9,7-17)12(19)20/h8-9H,2-7H2,1H3,(H,19,20)/t9-,13-/m0/s1. The highest BCUT2D eigenvalue weighted by atomic mass is 16.4. The molecule has 1 amide bonds. The number of aliphatic carboxylic acids is 1. The molecule has 0 spiro atoms. The molecule has 1 saturated heterocycles. The molecule has 2 heterocycles. The molecule has 1 N–H and O–H groups in total. The minimum atomic E-state index is -0.772. The SMILES string of the molecule is Cn1cnc(C(=O)N2C[C@@H]3CCCC[C@]3(C(=O)O)C2)n1. The second kappa shape index (κ2) is 4.57. The Hall–Kier alpha value is -1.92. The smallest absolute Gasteiger partial charge is 0.311 e. The fourth-order valence-electron chi connectivity index (χ4n) is 3.54. The molecule has 0 unspecified atom stereocenters. The first-order chi connectivity index (χ1) is 9.53. The summed E-state index contributed by atoms with van der Waals surface area (Å²) in [6.45, 7) is 0.785. The van der Waals surface area contributed by atoms with Crippen LogP contribution in [0.3, 0.4) is 0 Å². The number of fused-ring (bicyclic) bond motifs is 1. The summed E-state index contributed by atoms with van der Waals surface area (Å²) in [7, 11) is 1.70. The largest absolute Gasteiger partial charge is 0.481 e. The second-order valence-electron chi connectivity index (χ2n) is 5.83. The third kappa shape index (κ3) is 1.88. The van der Waals surface area contributed by atoms with E-state index in [2.05, 4.69) is 10.1 Å². The molecule has 1 saturated carbocycles. The van der Waals surface area contributed by atoms with E-state index in [4.69, 9.17) is 0 Å². The highest BCUT2D eigenvalue weighted by Crippen LogP contribution is 2.47. The van der Waals surface area contributed by atoms with Gasteiger partial charge < -0.3 is 10.0 Å². The van der Waals surface area contributed by atoms with Crippen molar-refractivity contribution < 1.29 is 14.7 Å². The first-order valence-electron chi connectivity index (χ1n) is 6.91. The second-order valence-corrected chi connectivity index (χ2v) is 5.83. The topological polar surface area (TPSA) is 88.3 Å². The minimum Gasteiger partial charge on any atom is -0.481 e. The summed E-state index contributed by atoms with van der Waals surface area (Å²) >= 11 is 0. The maximum Gasteiger partial charge on any atom is 0.311 e. The van der Waals surface area contributed by atoms with Crippen LogP contribution in [0.2, 0.25) is 0 Å². The Labute approximate surface area is 116 Å². The Morgan fingerprint density at radius 2 is 2.25 bits per heavy atom. The molecule has 0 bridgehead atoms. The molecule has 2 atom stereocenters. The molecule has 2 fully saturated rings. The molecule has 1 aliphatic carbocycles. The van der Waals surface area contributed by atoms with Crippen LogP contribution in [0.5, 0.6) is 0 Å². The molecule has 3 rings (SSSR count). The van der Waals surface area contributed by atoms with Crippen molar-refractivity contribution in [2.45, 2.75) is 25.7 Å². The van der Waals surface area contributed by atoms with E-state index in [1.807, 2.05) is 0 Å². The number of hydrogen-bond donors (Lipinski definition) is 1. The lowest BCUT2D eigenvalue weighted by Crippen LogP contribution is -2.41. The van der Waals surface area contributed by atoms with E-state index < -0.39 is 11.4 Å². The van der Waals surface area contributed by atoms with E-state index in [0.29, 0.717) is 13.0 Å². The predicted molar refractivity (Wildman–Crippen MR) is 68.9 cm³/mol. The van der Waals surface area contributed by atoms with E-state index in [1.54, 1.807) is 11.9 Å². The number of aryl methyl sites for hydroxylation is 1. The van der Waals surface area contributed by atoms with Crippen LogP contribution in [0, 0.1) is 11.3 Å². The van der Waals surface area contributed by atoms with Gasteiger partial charge in [-0.25, -0.2) is 4.98 Å². The van der Waals surface area contributed by atoms with Crippen molar-refractivity contribution >= 4 is 11.9 Å². The Morgan fingerprint density at radius 3 is 2.85 bits per heavy atom. The number of aromatic nitrogens is 3. The van der Waals surface area contributed by atoms with Gasteiger partial charge in [0.1, 0.15) is 6.33 Å². The lowest BCUT2D eigenvalue weighted by molar-refractivity contribution is -0.152. The number of amides is 1. The zero-order valence-corrected chi connectivity index (χ0v) is 11.4. The van der Waals surface area contributed by atoms with Crippen LogP contribution in [0.1, 0.15) is 36.3 Å². The third-order valence-corrected chi connectivity index (χ3v) is 4.62. The summed E-state index contributed by atoms with van der Waals surface area (Å²) in [5.41, 5.74) is -0.761. The van der Waals surface area contributed by atoms with E-state index in [0.717, 1.165) is 19.3 Å². The van der Waals surface area contributed by atoms with Gasteiger partial charge >= 0.3 is 5.97 Å². The average molecular weight is 278 g/mol. The fraction of sp³-hybridized carbons (Fsp3) is 0.692. The number of rotatable bonds is 2. The molecule has 7 heteroatoms. The van der Waals surface area contributed by atoms with Gasteiger partial charge in [0.25, 0.3) is 5.91 Å². The Balaban J connectivity index is 1.84. The van der Waals surface area contributed by atoms with Crippen LogP contribution in [0.15, 0.2) is 6.33 Å². The molecule has 0 aromatic carbocycles.